The molecule has 88 valence electrons. The summed E-state index contributed by atoms with van der Waals surface area (Å²) in [4.78, 5) is 4.10. The zero-order valence-corrected chi connectivity index (χ0v) is 10.3. The third kappa shape index (κ3) is 2.54. The zero-order valence-electron chi connectivity index (χ0n) is 9.50. The van der Waals surface area contributed by atoms with Crippen molar-refractivity contribution in [3.05, 3.63) is 29.0 Å². The molecule has 0 aromatic carbocycles. The molecule has 0 amide bonds. The van der Waals surface area contributed by atoms with E-state index in [0.29, 0.717) is 5.15 Å². The maximum Gasteiger partial charge on any atom is 0.132 e. The van der Waals surface area contributed by atoms with Crippen molar-refractivity contribution < 1.29 is 4.74 Å². The Balaban J connectivity index is 2.15. The van der Waals surface area contributed by atoms with Crippen LogP contribution < -0.4 is 5.32 Å². The molecule has 0 radical (unpaired) electrons. The number of nitrogens with one attached hydrogen (secondary N) is 1. The molecule has 0 bridgehead atoms. The van der Waals surface area contributed by atoms with E-state index in [4.69, 9.17) is 16.3 Å². The van der Waals surface area contributed by atoms with Gasteiger partial charge in [-0.05, 0) is 37.6 Å². The van der Waals surface area contributed by atoms with Gasteiger partial charge in [-0.25, -0.2) is 4.98 Å². The zero-order chi connectivity index (χ0) is 11.4. The summed E-state index contributed by atoms with van der Waals surface area (Å²) in [5.41, 5.74) is 1.01. The lowest BCUT2D eigenvalue weighted by molar-refractivity contribution is -0.0334. The average Bonchev–Trinajstić information content (AvgIpc) is 2.33. The summed E-state index contributed by atoms with van der Waals surface area (Å²) in [6.45, 7) is 2.01. The third-order valence-electron chi connectivity index (χ3n) is 3.30. The van der Waals surface area contributed by atoms with Crippen LogP contribution in [0.2, 0.25) is 5.15 Å². The lowest BCUT2D eigenvalue weighted by Gasteiger charge is -2.36. The van der Waals surface area contributed by atoms with E-state index in [1.807, 2.05) is 12.1 Å². The molecule has 0 aliphatic carbocycles. The Morgan fingerprint density at radius 3 is 2.88 bits per heavy atom. The second-order valence-corrected chi connectivity index (χ2v) is 4.63. The fourth-order valence-electron chi connectivity index (χ4n) is 2.23. The van der Waals surface area contributed by atoms with E-state index in [-0.39, 0.29) is 5.60 Å². The Bertz CT molecular complexity index is 351. The van der Waals surface area contributed by atoms with Crippen molar-refractivity contribution in [2.75, 3.05) is 20.2 Å². The number of ether oxygens (including phenoxy) is 1. The number of rotatable bonds is 3. The fraction of sp³-hybridized carbons (Fsp3) is 0.583. The van der Waals surface area contributed by atoms with Gasteiger partial charge in [0.1, 0.15) is 5.15 Å². The first-order valence-electron chi connectivity index (χ1n) is 5.61. The largest absolute Gasteiger partial charge is 0.378 e. The van der Waals surface area contributed by atoms with Crippen LogP contribution in [-0.2, 0) is 11.2 Å². The Hall–Kier alpha value is -0.640. The van der Waals surface area contributed by atoms with Crippen LogP contribution in [0, 0.1) is 0 Å². The molecule has 0 atom stereocenters. The Kier molecular flexibility index (Phi) is 3.79. The molecule has 4 heteroatoms. The van der Waals surface area contributed by atoms with E-state index in [1.54, 1.807) is 13.3 Å². The lowest BCUT2D eigenvalue weighted by Crippen LogP contribution is -2.45. The molecule has 1 aromatic heterocycles. The van der Waals surface area contributed by atoms with Crippen molar-refractivity contribution in [1.82, 2.24) is 10.3 Å². The van der Waals surface area contributed by atoms with Gasteiger partial charge >= 0.3 is 0 Å². The number of pyridine rings is 1. The molecule has 1 N–H and O–H groups in total. The van der Waals surface area contributed by atoms with Gasteiger partial charge in [-0.1, -0.05) is 17.7 Å². The van der Waals surface area contributed by atoms with E-state index >= 15 is 0 Å². The molecule has 0 spiro atoms. The molecule has 1 saturated heterocycles. The topological polar surface area (TPSA) is 34.1 Å². The molecule has 2 heterocycles. The Labute approximate surface area is 101 Å². The van der Waals surface area contributed by atoms with Gasteiger partial charge in [-0.2, -0.15) is 0 Å². The monoisotopic (exact) mass is 240 g/mol. The van der Waals surface area contributed by atoms with E-state index in [1.165, 1.54) is 0 Å². The lowest BCUT2D eigenvalue weighted by atomic mass is 9.86. The van der Waals surface area contributed by atoms with Crippen LogP contribution in [0.4, 0.5) is 0 Å². The predicted octanol–water partition coefficient (Wildman–Crippen LogP) is 2.05. The van der Waals surface area contributed by atoms with Crippen molar-refractivity contribution in [1.29, 1.82) is 0 Å². The molecule has 16 heavy (non-hydrogen) atoms. The molecular weight excluding hydrogens is 224 g/mol. The van der Waals surface area contributed by atoms with Crippen LogP contribution in [0.1, 0.15) is 18.4 Å². The number of methoxy groups -OCH3 is 1. The summed E-state index contributed by atoms with van der Waals surface area (Å²) in [6, 6.07) is 3.95. The normalized spacial score (nSPS) is 19.6. The average molecular weight is 241 g/mol. The quantitative estimate of drug-likeness (QED) is 0.822. The van der Waals surface area contributed by atoms with Crippen molar-refractivity contribution >= 4 is 11.6 Å². The SMILES string of the molecule is COC1(Cc2cccnc2Cl)CCNCC1. The van der Waals surface area contributed by atoms with Gasteiger partial charge in [-0.15, -0.1) is 0 Å². The van der Waals surface area contributed by atoms with Crippen LogP contribution in [-0.4, -0.2) is 30.8 Å². The molecule has 1 aromatic rings. The molecular formula is C12H17ClN2O. The third-order valence-corrected chi connectivity index (χ3v) is 3.64. The highest BCUT2D eigenvalue weighted by Crippen LogP contribution is 2.29. The number of piperidine rings is 1. The van der Waals surface area contributed by atoms with Gasteiger partial charge in [0.15, 0.2) is 0 Å². The first-order valence-corrected chi connectivity index (χ1v) is 5.99. The molecule has 1 aliphatic rings. The molecule has 1 aliphatic heterocycles. The number of aromatic nitrogens is 1. The van der Waals surface area contributed by atoms with Crippen molar-refractivity contribution in [3.8, 4) is 0 Å². The highest BCUT2D eigenvalue weighted by molar-refractivity contribution is 6.30. The van der Waals surface area contributed by atoms with Crippen LogP contribution in [0.25, 0.3) is 0 Å². The van der Waals surface area contributed by atoms with Gasteiger partial charge in [-0.3, -0.25) is 0 Å². The highest BCUT2D eigenvalue weighted by Gasteiger charge is 2.32. The van der Waals surface area contributed by atoms with Crippen LogP contribution in [0.5, 0.6) is 0 Å². The standard InChI is InChI=1S/C12H17ClN2O/c1-16-12(4-7-14-8-5-12)9-10-3-2-6-15-11(10)13/h2-3,6,14H,4-5,7-9H2,1H3. The summed E-state index contributed by atoms with van der Waals surface area (Å²) in [7, 11) is 1.79. The van der Waals surface area contributed by atoms with Gasteiger partial charge in [0.05, 0.1) is 5.60 Å². The molecule has 1 fully saturated rings. The second kappa shape index (κ2) is 5.13. The summed E-state index contributed by atoms with van der Waals surface area (Å²) in [5.74, 6) is 0. The fourth-order valence-corrected chi connectivity index (χ4v) is 2.42. The molecule has 3 nitrogen and oxygen atoms in total. The first-order chi connectivity index (χ1) is 7.76. The van der Waals surface area contributed by atoms with Crippen LogP contribution in [0.15, 0.2) is 18.3 Å². The van der Waals surface area contributed by atoms with Gasteiger partial charge in [0, 0.05) is 19.7 Å². The number of hydrogen-bond acceptors (Lipinski definition) is 3. The van der Waals surface area contributed by atoms with Gasteiger partial charge < -0.3 is 10.1 Å². The van der Waals surface area contributed by atoms with E-state index in [0.717, 1.165) is 37.9 Å². The summed E-state index contributed by atoms with van der Waals surface area (Å²) in [5, 5.41) is 3.94. The van der Waals surface area contributed by atoms with Crippen molar-refractivity contribution in [2.24, 2.45) is 0 Å². The van der Waals surface area contributed by atoms with E-state index in [2.05, 4.69) is 10.3 Å². The predicted molar refractivity (Wildman–Crippen MR) is 64.8 cm³/mol. The Morgan fingerprint density at radius 2 is 2.25 bits per heavy atom. The summed E-state index contributed by atoms with van der Waals surface area (Å²) >= 11 is 6.08. The smallest absolute Gasteiger partial charge is 0.132 e. The molecule has 0 unspecified atom stereocenters. The maximum atomic E-state index is 6.08. The van der Waals surface area contributed by atoms with E-state index in [9.17, 15) is 0 Å². The van der Waals surface area contributed by atoms with Crippen LogP contribution >= 0.6 is 11.6 Å². The van der Waals surface area contributed by atoms with Crippen molar-refractivity contribution in [3.63, 3.8) is 0 Å². The summed E-state index contributed by atoms with van der Waals surface area (Å²) < 4.78 is 5.71. The van der Waals surface area contributed by atoms with Crippen molar-refractivity contribution in [2.45, 2.75) is 24.9 Å². The van der Waals surface area contributed by atoms with Gasteiger partial charge in [0.2, 0.25) is 0 Å². The minimum absolute atomic E-state index is 0.0715. The summed E-state index contributed by atoms with van der Waals surface area (Å²) in [6.07, 6.45) is 4.61. The number of nitrogens with zero attached hydrogens (tertiary/aromatic N) is 1. The van der Waals surface area contributed by atoms with Crippen LogP contribution in [0.3, 0.4) is 0 Å². The number of halogens is 1. The van der Waals surface area contributed by atoms with E-state index < -0.39 is 0 Å². The second-order valence-electron chi connectivity index (χ2n) is 4.27. The number of hydrogen-bond donors (Lipinski definition) is 1. The molecule has 2 rings (SSSR count). The minimum Gasteiger partial charge on any atom is -0.378 e. The Morgan fingerprint density at radius 1 is 1.50 bits per heavy atom. The highest BCUT2D eigenvalue weighted by atomic mass is 35.5. The molecule has 0 saturated carbocycles. The van der Waals surface area contributed by atoms with Gasteiger partial charge in [0.25, 0.3) is 0 Å². The maximum absolute atomic E-state index is 6.08. The minimum atomic E-state index is -0.0715. The first kappa shape index (κ1) is 11.8.